The average molecular weight is 310 g/mol. The Morgan fingerprint density at radius 2 is 1.64 bits per heavy atom. The number of amides is 3. The molecule has 0 saturated heterocycles. The second-order valence-electron chi connectivity index (χ2n) is 4.70. The van der Waals surface area contributed by atoms with Gasteiger partial charge in [-0.1, -0.05) is 0 Å². The number of methoxy groups -OCH3 is 1. The number of carbonyl (C=O) groups is 3. The number of primary amides is 1. The van der Waals surface area contributed by atoms with E-state index >= 15 is 0 Å². The van der Waals surface area contributed by atoms with E-state index in [1.54, 1.807) is 18.7 Å². The number of nitrogens with one attached hydrogen (secondary N) is 1. The van der Waals surface area contributed by atoms with Crippen molar-refractivity contribution in [2.24, 2.45) is 5.73 Å². The van der Waals surface area contributed by atoms with Crippen LogP contribution in [0.25, 0.3) is 0 Å². The van der Waals surface area contributed by atoms with Gasteiger partial charge in [0, 0.05) is 13.1 Å². The van der Waals surface area contributed by atoms with E-state index < -0.39 is 12.0 Å². The predicted molar refractivity (Wildman–Crippen MR) is 81.4 cm³/mol. The summed E-state index contributed by atoms with van der Waals surface area (Å²) in [6.45, 7) is 7.94. The number of hydrogen-bond donors (Lipinski definition) is 2. The van der Waals surface area contributed by atoms with Crippen molar-refractivity contribution in [3.8, 4) is 0 Å². The minimum atomic E-state index is -0.792. The largest absolute Gasteiger partial charge is 0.465 e. The molecule has 8 nitrogen and oxygen atoms in total. The van der Waals surface area contributed by atoms with Crippen LogP contribution in [0.2, 0.25) is 0 Å². The molecule has 0 atom stereocenters. The lowest BCUT2D eigenvalue weighted by atomic mass is 10.1. The van der Waals surface area contributed by atoms with Crippen LogP contribution in [0.1, 0.15) is 46.0 Å². The standard InChI is InChI=1S/C14H22N4O4/c1-6-17(7-2)12(19)10-8(3)18(16-14(15)21)9(4)11(10)13(20)22-5/h6-7H2,1-5H3,(H3,15,16,21). The number of esters is 1. The Kier molecular flexibility index (Phi) is 5.56. The minimum absolute atomic E-state index is 0.130. The molecule has 1 aromatic heterocycles. The highest BCUT2D eigenvalue weighted by atomic mass is 16.5. The van der Waals surface area contributed by atoms with Crippen LogP contribution in [0.4, 0.5) is 4.79 Å². The lowest BCUT2D eigenvalue weighted by Crippen LogP contribution is -2.32. The van der Waals surface area contributed by atoms with Crippen LogP contribution < -0.4 is 11.2 Å². The molecule has 0 unspecified atom stereocenters. The molecule has 122 valence electrons. The van der Waals surface area contributed by atoms with Crippen molar-refractivity contribution in [3.63, 3.8) is 0 Å². The first-order valence-corrected chi connectivity index (χ1v) is 6.95. The van der Waals surface area contributed by atoms with Gasteiger partial charge in [-0.15, -0.1) is 0 Å². The fraction of sp³-hybridized carbons (Fsp3) is 0.500. The van der Waals surface area contributed by atoms with E-state index in [9.17, 15) is 14.4 Å². The van der Waals surface area contributed by atoms with Crippen LogP contribution in [0.5, 0.6) is 0 Å². The third kappa shape index (κ3) is 3.05. The number of aromatic nitrogens is 1. The summed E-state index contributed by atoms with van der Waals surface area (Å²) in [5, 5.41) is 0. The monoisotopic (exact) mass is 310 g/mol. The zero-order valence-electron chi connectivity index (χ0n) is 13.5. The highest BCUT2D eigenvalue weighted by Crippen LogP contribution is 2.24. The van der Waals surface area contributed by atoms with Gasteiger partial charge < -0.3 is 15.4 Å². The van der Waals surface area contributed by atoms with Gasteiger partial charge in [0.05, 0.1) is 29.6 Å². The molecular formula is C14H22N4O4. The summed E-state index contributed by atoms with van der Waals surface area (Å²) in [5.74, 6) is -0.933. The smallest absolute Gasteiger partial charge is 0.340 e. The highest BCUT2D eigenvalue weighted by Gasteiger charge is 2.30. The average Bonchev–Trinajstić information content (AvgIpc) is 2.71. The maximum Gasteiger partial charge on any atom is 0.340 e. The van der Waals surface area contributed by atoms with Gasteiger partial charge in [-0.3, -0.25) is 9.47 Å². The van der Waals surface area contributed by atoms with Crippen molar-refractivity contribution in [3.05, 3.63) is 22.5 Å². The van der Waals surface area contributed by atoms with Crippen LogP contribution in [0.3, 0.4) is 0 Å². The van der Waals surface area contributed by atoms with E-state index in [0.717, 1.165) is 0 Å². The number of urea groups is 1. The topological polar surface area (TPSA) is 107 Å². The molecule has 1 heterocycles. The van der Waals surface area contributed by atoms with Gasteiger partial charge in [0.2, 0.25) is 0 Å². The van der Waals surface area contributed by atoms with Gasteiger partial charge in [-0.25, -0.2) is 15.0 Å². The molecule has 0 aliphatic heterocycles. The van der Waals surface area contributed by atoms with E-state index in [0.29, 0.717) is 24.5 Å². The van der Waals surface area contributed by atoms with E-state index in [1.807, 2.05) is 13.8 Å². The van der Waals surface area contributed by atoms with Crippen molar-refractivity contribution in [1.82, 2.24) is 9.58 Å². The van der Waals surface area contributed by atoms with Crippen LogP contribution in [0.15, 0.2) is 0 Å². The van der Waals surface area contributed by atoms with Gasteiger partial charge in [-0.2, -0.15) is 0 Å². The van der Waals surface area contributed by atoms with E-state index in [4.69, 9.17) is 10.5 Å². The first-order valence-electron chi connectivity index (χ1n) is 6.95. The highest BCUT2D eigenvalue weighted by molar-refractivity contribution is 6.07. The number of nitrogens with two attached hydrogens (primary N) is 1. The molecule has 1 aromatic rings. The molecule has 8 heteroatoms. The molecule has 0 fully saturated rings. The van der Waals surface area contributed by atoms with E-state index in [1.165, 1.54) is 11.8 Å². The van der Waals surface area contributed by atoms with Crippen LogP contribution >= 0.6 is 0 Å². The van der Waals surface area contributed by atoms with Crippen molar-refractivity contribution in [2.45, 2.75) is 27.7 Å². The van der Waals surface area contributed by atoms with Crippen LogP contribution in [0, 0.1) is 13.8 Å². The Balaban J connectivity index is 3.56. The summed E-state index contributed by atoms with van der Waals surface area (Å²) in [7, 11) is 1.24. The van der Waals surface area contributed by atoms with E-state index in [2.05, 4.69) is 5.43 Å². The fourth-order valence-corrected chi connectivity index (χ4v) is 2.40. The van der Waals surface area contributed by atoms with Crippen LogP contribution in [-0.4, -0.2) is 47.7 Å². The Hall–Kier alpha value is -2.51. The first-order chi connectivity index (χ1) is 10.3. The number of nitrogens with zero attached hydrogens (tertiary/aromatic N) is 2. The lowest BCUT2D eigenvalue weighted by Gasteiger charge is -2.19. The third-order valence-electron chi connectivity index (χ3n) is 3.52. The molecule has 3 amide bonds. The molecule has 0 radical (unpaired) electrons. The molecule has 22 heavy (non-hydrogen) atoms. The maximum absolute atomic E-state index is 12.7. The summed E-state index contributed by atoms with van der Waals surface area (Å²) in [4.78, 5) is 37.5. The van der Waals surface area contributed by atoms with Crippen molar-refractivity contribution < 1.29 is 19.1 Å². The molecule has 0 spiro atoms. The summed E-state index contributed by atoms with van der Waals surface area (Å²) >= 11 is 0. The van der Waals surface area contributed by atoms with Gasteiger partial charge in [0.15, 0.2) is 0 Å². The van der Waals surface area contributed by atoms with Crippen molar-refractivity contribution in [1.29, 1.82) is 0 Å². The van der Waals surface area contributed by atoms with Gasteiger partial charge in [0.25, 0.3) is 5.91 Å². The zero-order chi connectivity index (χ0) is 17.0. The van der Waals surface area contributed by atoms with Gasteiger partial charge >= 0.3 is 12.0 Å². The normalized spacial score (nSPS) is 10.2. The number of carbonyl (C=O) groups excluding carboxylic acids is 3. The Labute approximate surface area is 129 Å². The fourth-order valence-electron chi connectivity index (χ4n) is 2.40. The van der Waals surface area contributed by atoms with Gasteiger partial charge in [0.1, 0.15) is 0 Å². The second-order valence-corrected chi connectivity index (χ2v) is 4.70. The molecule has 0 aromatic carbocycles. The summed E-state index contributed by atoms with van der Waals surface area (Å²) in [6.07, 6.45) is 0. The Bertz CT molecular complexity index is 602. The summed E-state index contributed by atoms with van der Waals surface area (Å²) < 4.78 is 6.09. The van der Waals surface area contributed by atoms with Gasteiger partial charge in [-0.05, 0) is 27.7 Å². The molecule has 0 aliphatic carbocycles. The second kappa shape index (κ2) is 6.97. The Morgan fingerprint density at radius 3 is 2.05 bits per heavy atom. The first kappa shape index (κ1) is 17.5. The molecule has 0 saturated carbocycles. The molecule has 3 N–H and O–H groups in total. The quantitative estimate of drug-likeness (QED) is 0.791. The van der Waals surface area contributed by atoms with Crippen molar-refractivity contribution >= 4 is 17.9 Å². The minimum Gasteiger partial charge on any atom is -0.465 e. The predicted octanol–water partition coefficient (Wildman–Crippen LogP) is 0.996. The number of hydrogen-bond acceptors (Lipinski definition) is 4. The summed E-state index contributed by atoms with van der Waals surface area (Å²) in [6, 6.07) is -0.792. The zero-order valence-corrected chi connectivity index (χ0v) is 13.5. The van der Waals surface area contributed by atoms with Crippen LogP contribution in [-0.2, 0) is 4.74 Å². The SMILES string of the molecule is CCN(CC)C(=O)c1c(C(=O)OC)c(C)n(NC(N)=O)c1C. The Morgan fingerprint density at radius 1 is 1.14 bits per heavy atom. The van der Waals surface area contributed by atoms with E-state index in [-0.39, 0.29) is 17.0 Å². The molecular weight excluding hydrogens is 288 g/mol. The number of rotatable bonds is 5. The molecule has 1 rings (SSSR count). The maximum atomic E-state index is 12.7. The summed E-state index contributed by atoms with van der Waals surface area (Å²) in [5.41, 5.74) is 8.68. The lowest BCUT2D eigenvalue weighted by molar-refractivity contribution is 0.0590. The molecule has 0 bridgehead atoms. The molecule has 0 aliphatic rings. The van der Waals surface area contributed by atoms with Crippen molar-refractivity contribution in [2.75, 3.05) is 25.6 Å². The number of ether oxygens (including phenoxy) is 1. The third-order valence-corrected chi connectivity index (χ3v) is 3.52.